The van der Waals surface area contributed by atoms with E-state index in [1.165, 1.54) is 17.0 Å². The number of hydrogen-bond acceptors (Lipinski definition) is 0. The van der Waals surface area contributed by atoms with Crippen LogP contribution in [-0.2, 0) is 18.0 Å². The molecule has 2 heteroatoms. The summed E-state index contributed by atoms with van der Waals surface area (Å²) in [7, 11) is 2.12. The topological polar surface area (TPSA) is 8.81 Å². The molecule has 0 saturated carbocycles. The molecule has 2 nitrogen and oxygen atoms in total. The Hall–Kier alpha value is -1.83. The molecule has 1 aromatic heterocycles. The van der Waals surface area contributed by atoms with Gasteiger partial charge in [-0.1, -0.05) is 24.3 Å². The zero-order chi connectivity index (χ0) is 12.5. The fourth-order valence-corrected chi connectivity index (χ4v) is 3.57. The second-order valence-electron chi connectivity index (χ2n) is 5.83. The van der Waals surface area contributed by atoms with Crippen molar-refractivity contribution in [2.45, 2.75) is 24.8 Å². The summed E-state index contributed by atoms with van der Waals surface area (Å²) in [5.41, 5.74) is 2.98. The molecule has 2 aromatic rings. The van der Waals surface area contributed by atoms with Gasteiger partial charge in [0.25, 0.3) is 5.82 Å². The van der Waals surface area contributed by atoms with Crippen molar-refractivity contribution in [3.8, 4) is 11.4 Å². The number of hydrogen-bond donors (Lipinski definition) is 0. The van der Waals surface area contributed by atoms with E-state index in [4.69, 9.17) is 0 Å². The number of benzene rings is 1. The molecule has 1 aliphatic heterocycles. The van der Waals surface area contributed by atoms with Gasteiger partial charge in [0.2, 0.25) is 0 Å². The van der Waals surface area contributed by atoms with Gasteiger partial charge < -0.3 is 0 Å². The molecule has 90 valence electrons. The molecule has 2 atom stereocenters. The maximum absolute atomic E-state index is 2.41. The first kappa shape index (κ1) is 10.1. The van der Waals surface area contributed by atoms with Gasteiger partial charge >= 0.3 is 0 Å². The average Bonchev–Trinajstić information content (AvgIpc) is 2.76. The Balaban J connectivity index is 2.18. The minimum atomic E-state index is 0.0674. The van der Waals surface area contributed by atoms with E-state index in [1.807, 2.05) is 0 Å². The Morgan fingerprint density at radius 2 is 1.89 bits per heavy atom. The molecule has 0 bridgehead atoms. The van der Waals surface area contributed by atoms with Crippen LogP contribution in [0, 0.1) is 0 Å². The molecule has 1 aliphatic carbocycles. The van der Waals surface area contributed by atoms with E-state index < -0.39 is 0 Å². The normalized spacial score (nSPS) is 31.3. The van der Waals surface area contributed by atoms with Gasteiger partial charge in [-0.2, -0.15) is 0 Å². The third-order valence-electron chi connectivity index (χ3n) is 5.02. The van der Waals surface area contributed by atoms with Crippen molar-refractivity contribution in [3.05, 3.63) is 54.4 Å². The van der Waals surface area contributed by atoms with Crippen molar-refractivity contribution in [2.24, 2.45) is 7.05 Å². The predicted octanol–water partition coefficient (Wildman–Crippen LogP) is 2.54. The summed E-state index contributed by atoms with van der Waals surface area (Å²) in [6.07, 6.45) is 9.02. The molecule has 2 unspecified atom stereocenters. The molecule has 4 rings (SSSR count). The lowest BCUT2D eigenvalue weighted by molar-refractivity contribution is -0.660. The van der Waals surface area contributed by atoms with Crippen LogP contribution in [0.2, 0.25) is 0 Å². The van der Waals surface area contributed by atoms with E-state index in [9.17, 15) is 0 Å². The number of rotatable bonds is 0. The van der Waals surface area contributed by atoms with Crippen molar-refractivity contribution < 1.29 is 4.57 Å². The van der Waals surface area contributed by atoms with E-state index in [2.05, 4.69) is 78.8 Å². The summed E-state index contributed by atoms with van der Waals surface area (Å²) in [5, 5.41) is 0. The zero-order valence-corrected chi connectivity index (χ0v) is 11.0. The van der Waals surface area contributed by atoms with Gasteiger partial charge in [0.1, 0.15) is 17.9 Å². The molecule has 2 aliphatic rings. The minimum absolute atomic E-state index is 0.0674. The van der Waals surface area contributed by atoms with Gasteiger partial charge in [0.05, 0.1) is 18.0 Å². The molecule has 0 saturated heterocycles. The highest BCUT2D eigenvalue weighted by Gasteiger charge is 2.58. The van der Waals surface area contributed by atoms with Crippen LogP contribution >= 0.6 is 0 Å². The van der Waals surface area contributed by atoms with Crippen LogP contribution in [0.15, 0.2) is 48.8 Å². The second kappa shape index (κ2) is 2.77. The Labute approximate surface area is 107 Å². The van der Waals surface area contributed by atoms with Gasteiger partial charge in [-0.3, -0.25) is 0 Å². The van der Waals surface area contributed by atoms with Gasteiger partial charge in [0.15, 0.2) is 0 Å². The maximum Gasteiger partial charge on any atom is 0.289 e. The molecular weight excluding hydrogens is 220 g/mol. The van der Waals surface area contributed by atoms with Gasteiger partial charge in [-0.25, -0.2) is 9.13 Å². The van der Waals surface area contributed by atoms with Crippen LogP contribution < -0.4 is 4.57 Å². The number of fused-ring (bicyclic) bond motifs is 6. The highest BCUT2D eigenvalue weighted by molar-refractivity contribution is 5.68. The lowest BCUT2D eigenvalue weighted by Gasteiger charge is -2.50. The van der Waals surface area contributed by atoms with Crippen molar-refractivity contribution in [1.29, 1.82) is 0 Å². The van der Waals surface area contributed by atoms with Crippen molar-refractivity contribution >= 4 is 0 Å². The first-order valence-electron chi connectivity index (χ1n) is 6.46. The molecule has 0 spiro atoms. The molecule has 0 fully saturated rings. The van der Waals surface area contributed by atoms with E-state index in [1.54, 1.807) is 0 Å². The summed E-state index contributed by atoms with van der Waals surface area (Å²) >= 11 is 0. The number of nitrogens with zero attached hydrogens (tertiary/aromatic N) is 2. The molecule has 0 radical (unpaired) electrons. The van der Waals surface area contributed by atoms with Crippen LogP contribution in [0.3, 0.4) is 0 Å². The van der Waals surface area contributed by atoms with E-state index in [0.29, 0.717) is 0 Å². The second-order valence-corrected chi connectivity index (χ2v) is 5.83. The third kappa shape index (κ3) is 0.838. The van der Waals surface area contributed by atoms with Crippen LogP contribution in [0.5, 0.6) is 0 Å². The fourth-order valence-electron chi connectivity index (χ4n) is 3.57. The molecule has 0 amide bonds. The Kier molecular flexibility index (Phi) is 1.56. The first-order valence-corrected chi connectivity index (χ1v) is 6.46. The average molecular weight is 237 g/mol. The Morgan fingerprint density at radius 1 is 1.11 bits per heavy atom. The molecule has 2 heterocycles. The molecule has 0 N–H and O–H groups in total. The molecule has 1 aromatic carbocycles. The number of aryl methyl sites for hydroxylation is 1. The Morgan fingerprint density at radius 3 is 2.61 bits per heavy atom. The SMILES string of the molecule is C[n+]1ccn2c1-c1ccccc1C1(C)C=CC21C. The maximum atomic E-state index is 2.41. The largest absolute Gasteiger partial charge is 0.289 e. The summed E-state index contributed by atoms with van der Waals surface area (Å²) in [6, 6.07) is 8.78. The minimum Gasteiger partial charge on any atom is -0.233 e. The number of aromatic nitrogens is 2. The van der Waals surface area contributed by atoms with Crippen LogP contribution in [-0.4, -0.2) is 4.57 Å². The molecule has 18 heavy (non-hydrogen) atoms. The van der Waals surface area contributed by atoms with Crippen LogP contribution in [0.1, 0.15) is 19.4 Å². The summed E-state index contributed by atoms with van der Waals surface area (Å²) in [5.74, 6) is 1.30. The van der Waals surface area contributed by atoms with Crippen molar-refractivity contribution in [1.82, 2.24) is 4.57 Å². The van der Waals surface area contributed by atoms with Crippen LogP contribution in [0.25, 0.3) is 11.4 Å². The van der Waals surface area contributed by atoms with Crippen LogP contribution in [0.4, 0.5) is 0 Å². The summed E-state index contributed by atoms with van der Waals surface area (Å²) in [6.45, 7) is 4.67. The zero-order valence-electron chi connectivity index (χ0n) is 11.0. The fraction of sp³-hybridized carbons (Fsp3) is 0.312. The van der Waals surface area contributed by atoms with Crippen molar-refractivity contribution in [3.63, 3.8) is 0 Å². The quantitative estimate of drug-likeness (QED) is 0.492. The van der Waals surface area contributed by atoms with E-state index >= 15 is 0 Å². The summed E-state index contributed by atoms with van der Waals surface area (Å²) in [4.78, 5) is 0. The van der Waals surface area contributed by atoms with E-state index in [0.717, 1.165) is 0 Å². The predicted molar refractivity (Wildman–Crippen MR) is 71.2 cm³/mol. The third-order valence-corrected chi connectivity index (χ3v) is 5.02. The standard InChI is InChI=1S/C16H17N2/c1-15-8-9-16(15,2)18-11-10-17(3)14(18)12-6-4-5-7-13(12)15/h4-11H,1-3H3/q+1. The van der Waals surface area contributed by atoms with Crippen molar-refractivity contribution in [2.75, 3.05) is 0 Å². The summed E-state index contributed by atoms with van der Waals surface area (Å²) < 4.78 is 4.63. The highest BCUT2D eigenvalue weighted by atomic mass is 15.2. The smallest absolute Gasteiger partial charge is 0.233 e. The van der Waals surface area contributed by atoms with Gasteiger partial charge in [0, 0.05) is 0 Å². The highest BCUT2D eigenvalue weighted by Crippen LogP contribution is 2.55. The van der Waals surface area contributed by atoms with E-state index in [-0.39, 0.29) is 11.0 Å². The number of allylic oxidation sites excluding steroid dienone is 2. The Bertz CT molecular complexity index is 695. The lowest BCUT2D eigenvalue weighted by atomic mass is 9.57. The number of imidazole rings is 1. The van der Waals surface area contributed by atoms with Gasteiger partial charge in [-0.15, -0.1) is 0 Å². The first-order chi connectivity index (χ1) is 8.58. The monoisotopic (exact) mass is 237 g/mol. The molecular formula is C16H17N2+. The van der Waals surface area contributed by atoms with Gasteiger partial charge in [-0.05, 0) is 31.6 Å². The lowest BCUT2D eigenvalue weighted by Crippen LogP contribution is -2.56.